The van der Waals surface area contributed by atoms with Gasteiger partial charge >= 0.3 is 0 Å². The smallest absolute Gasteiger partial charge is 0.200 e. The van der Waals surface area contributed by atoms with Crippen LogP contribution in [0.4, 0.5) is 39.5 Å². The highest BCUT2D eigenvalue weighted by Crippen LogP contribution is 2.36. The van der Waals surface area contributed by atoms with Crippen LogP contribution in [0, 0.1) is 58.4 Å². The molecule has 0 aliphatic rings. The normalized spacial score (nSPS) is 11.1. The van der Waals surface area contributed by atoms with Crippen molar-refractivity contribution in [2.75, 3.05) is 0 Å². The van der Waals surface area contributed by atoms with Crippen LogP contribution in [-0.2, 0) is 0 Å². The Labute approximate surface area is 110 Å². The molecule has 111 valence electrons. The molecule has 2 rings (SSSR count). The topological polar surface area (TPSA) is 0 Å². The van der Waals surface area contributed by atoms with E-state index in [9.17, 15) is 39.5 Å². The molecule has 0 bridgehead atoms. The second-order valence-electron chi connectivity index (χ2n) is 3.70. The molecule has 0 atom stereocenters. The van der Waals surface area contributed by atoms with Crippen LogP contribution in [-0.4, -0.2) is 0 Å². The van der Waals surface area contributed by atoms with Gasteiger partial charge in [-0.3, -0.25) is 0 Å². The van der Waals surface area contributed by atoms with Crippen molar-refractivity contribution in [3.63, 3.8) is 0 Å². The molecule has 0 fully saturated rings. The van der Waals surface area contributed by atoms with E-state index in [1.54, 1.807) is 0 Å². The van der Waals surface area contributed by atoms with E-state index < -0.39 is 63.5 Å². The predicted octanol–water partition coefficient (Wildman–Crippen LogP) is 4.41. The third kappa shape index (κ3) is 2.12. The average molecular weight is 315 g/mol. The standard InChI is InChI=1S/C12F9/c13-2-1-3(14)7(16)4(6(2)15)5-8(17)10(19)12(21)11(20)9(5)18. The first-order valence-corrected chi connectivity index (χ1v) is 4.95. The molecule has 0 aliphatic carbocycles. The second-order valence-corrected chi connectivity index (χ2v) is 3.70. The van der Waals surface area contributed by atoms with Crippen LogP contribution in [0.5, 0.6) is 0 Å². The Hall–Kier alpha value is -2.19. The van der Waals surface area contributed by atoms with E-state index >= 15 is 0 Å². The van der Waals surface area contributed by atoms with Crippen molar-refractivity contribution in [3.8, 4) is 11.1 Å². The van der Waals surface area contributed by atoms with Gasteiger partial charge in [-0.25, -0.2) is 39.5 Å². The lowest BCUT2D eigenvalue weighted by atomic mass is 10.0. The second kappa shape index (κ2) is 4.97. The lowest BCUT2D eigenvalue weighted by molar-refractivity contribution is 0.379. The molecule has 0 amide bonds. The van der Waals surface area contributed by atoms with Gasteiger partial charge in [0.05, 0.1) is 17.2 Å². The molecule has 9 heteroatoms. The van der Waals surface area contributed by atoms with E-state index in [-0.39, 0.29) is 0 Å². The zero-order valence-electron chi connectivity index (χ0n) is 9.40. The molecular formula is C12F9. The van der Waals surface area contributed by atoms with E-state index in [4.69, 9.17) is 0 Å². The molecule has 0 heterocycles. The lowest BCUT2D eigenvalue weighted by Crippen LogP contribution is -2.08. The Morgan fingerprint density at radius 3 is 1.05 bits per heavy atom. The number of rotatable bonds is 1. The van der Waals surface area contributed by atoms with Crippen LogP contribution >= 0.6 is 0 Å². The van der Waals surface area contributed by atoms with Crippen LogP contribution in [0.15, 0.2) is 0 Å². The summed E-state index contributed by atoms with van der Waals surface area (Å²) >= 11 is 0. The first-order chi connectivity index (χ1) is 9.68. The van der Waals surface area contributed by atoms with Crippen LogP contribution in [0.1, 0.15) is 0 Å². The van der Waals surface area contributed by atoms with Crippen LogP contribution in [0.2, 0.25) is 0 Å². The van der Waals surface area contributed by atoms with E-state index in [0.717, 1.165) is 6.07 Å². The summed E-state index contributed by atoms with van der Waals surface area (Å²) in [5.41, 5.74) is -4.18. The highest BCUT2D eigenvalue weighted by molar-refractivity contribution is 5.67. The zero-order chi connectivity index (χ0) is 16.1. The van der Waals surface area contributed by atoms with Crippen LogP contribution in [0.3, 0.4) is 0 Å². The van der Waals surface area contributed by atoms with Gasteiger partial charge in [0.2, 0.25) is 5.82 Å². The summed E-state index contributed by atoms with van der Waals surface area (Å²) in [5, 5.41) is 0. The average Bonchev–Trinajstić information content (AvgIpc) is 2.44. The van der Waals surface area contributed by atoms with Gasteiger partial charge in [0.25, 0.3) is 0 Å². The molecule has 0 aliphatic heterocycles. The lowest BCUT2D eigenvalue weighted by Gasteiger charge is -2.11. The van der Waals surface area contributed by atoms with E-state index in [0.29, 0.717) is 0 Å². The molecule has 0 spiro atoms. The molecule has 21 heavy (non-hydrogen) atoms. The fraction of sp³-hybridized carbons (Fsp3) is 0. The molecule has 1 radical (unpaired) electrons. The first kappa shape index (κ1) is 15.2. The maximum absolute atomic E-state index is 13.4. The van der Waals surface area contributed by atoms with Gasteiger partial charge in [0.15, 0.2) is 46.5 Å². The fourth-order valence-electron chi connectivity index (χ4n) is 1.57. The molecular weight excluding hydrogens is 315 g/mol. The first-order valence-electron chi connectivity index (χ1n) is 4.95. The maximum atomic E-state index is 13.4. The Bertz CT molecular complexity index is 696. The van der Waals surface area contributed by atoms with Crippen molar-refractivity contribution in [1.29, 1.82) is 0 Å². The number of benzene rings is 2. The molecule has 0 nitrogen and oxygen atoms in total. The Kier molecular flexibility index (Phi) is 3.60. The van der Waals surface area contributed by atoms with E-state index in [1.807, 2.05) is 0 Å². The summed E-state index contributed by atoms with van der Waals surface area (Å²) in [6.07, 6.45) is 0. The van der Waals surface area contributed by atoms with Gasteiger partial charge in [0, 0.05) is 0 Å². The molecule has 0 N–H and O–H groups in total. The van der Waals surface area contributed by atoms with Crippen molar-refractivity contribution in [2.45, 2.75) is 0 Å². The molecule has 0 saturated carbocycles. The highest BCUT2D eigenvalue weighted by Gasteiger charge is 2.32. The number of halogens is 9. The van der Waals surface area contributed by atoms with Crippen LogP contribution < -0.4 is 0 Å². The fourth-order valence-corrected chi connectivity index (χ4v) is 1.57. The third-order valence-electron chi connectivity index (χ3n) is 2.50. The van der Waals surface area contributed by atoms with Crippen molar-refractivity contribution in [2.24, 2.45) is 0 Å². The molecule has 0 unspecified atom stereocenters. The quantitative estimate of drug-likeness (QED) is 0.415. The summed E-state index contributed by atoms with van der Waals surface area (Å²) in [6, 6.07) is 0.907. The Morgan fingerprint density at radius 1 is 0.381 bits per heavy atom. The van der Waals surface area contributed by atoms with Gasteiger partial charge in [-0.15, -0.1) is 0 Å². The van der Waals surface area contributed by atoms with Gasteiger partial charge < -0.3 is 0 Å². The number of hydrogen-bond acceptors (Lipinski definition) is 0. The minimum atomic E-state index is -2.60. The molecule has 0 saturated heterocycles. The van der Waals surface area contributed by atoms with Crippen LogP contribution in [0.25, 0.3) is 11.1 Å². The van der Waals surface area contributed by atoms with Gasteiger partial charge in [0.1, 0.15) is 0 Å². The van der Waals surface area contributed by atoms with Gasteiger partial charge in [-0.2, -0.15) is 0 Å². The minimum Gasteiger partial charge on any atom is -0.203 e. The van der Waals surface area contributed by atoms with Crippen molar-refractivity contribution < 1.29 is 39.5 Å². The summed E-state index contributed by atoms with van der Waals surface area (Å²) in [4.78, 5) is 0. The van der Waals surface area contributed by atoms with Crippen molar-refractivity contribution in [1.82, 2.24) is 0 Å². The molecule has 2 aromatic carbocycles. The van der Waals surface area contributed by atoms with Crippen molar-refractivity contribution in [3.05, 3.63) is 58.4 Å². The van der Waals surface area contributed by atoms with E-state index in [2.05, 4.69) is 0 Å². The SMILES string of the molecule is Fc1[c]c(F)c(F)c(-c2c(F)c(F)c(F)c(F)c2F)c1F. The summed E-state index contributed by atoms with van der Waals surface area (Å²) in [7, 11) is 0. The summed E-state index contributed by atoms with van der Waals surface area (Å²) in [6.45, 7) is 0. The molecule has 2 aromatic rings. The maximum Gasteiger partial charge on any atom is 0.200 e. The van der Waals surface area contributed by atoms with Gasteiger partial charge in [-0.05, 0) is 0 Å². The number of hydrogen-bond donors (Lipinski definition) is 0. The Balaban J connectivity index is 3.00. The third-order valence-corrected chi connectivity index (χ3v) is 2.50. The Morgan fingerprint density at radius 2 is 0.667 bits per heavy atom. The summed E-state index contributed by atoms with van der Waals surface area (Å²) in [5.74, 6) is -22.0. The zero-order valence-corrected chi connectivity index (χ0v) is 9.40. The molecule has 0 aromatic heterocycles. The van der Waals surface area contributed by atoms with E-state index in [1.165, 1.54) is 0 Å². The summed E-state index contributed by atoms with van der Waals surface area (Å²) < 4.78 is 118. The highest BCUT2D eigenvalue weighted by atomic mass is 19.2. The van der Waals surface area contributed by atoms with Crippen molar-refractivity contribution >= 4 is 0 Å². The predicted molar refractivity (Wildman–Crippen MR) is 50.3 cm³/mol. The van der Waals surface area contributed by atoms with Gasteiger partial charge in [-0.1, -0.05) is 0 Å². The monoisotopic (exact) mass is 315 g/mol. The largest absolute Gasteiger partial charge is 0.203 e. The minimum absolute atomic E-state index is 0.907.